The smallest absolute Gasteiger partial charge is 0.234 e. The van der Waals surface area contributed by atoms with Gasteiger partial charge in [-0.3, -0.25) is 0 Å². The van der Waals surface area contributed by atoms with Crippen LogP contribution in [0.2, 0.25) is 0 Å². The average molecular weight is 490 g/mol. The molecule has 0 aliphatic rings. The Hall–Kier alpha value is -0.790. The number of aryl methyl sites for hydroxylation is 2. The van der Waals surface area contributed by atoms with Crippen LogP contribution in [0.15, 0.2) is 12.4 Å². The van der Waals surface area contributed by atoms with Gasteiger partial charge in [0.2, 0.25) is 0 Å². The van der Waals surface area contributed by atoms with E-state index in [0.717, 1.165) is 0 Å². The second-order valence-corrected chi connectivity index (χ2v) is 11.3. The van der Waals surface area contributed by atoms with Gasteiger partial charge in [0.1, 0.15) is 12.4 Å². The molecule has 206 valence electrons. The highest BCUT2D eigenvalue weighted by Gasteiger charge is 2.16. The van der Waals surface area contributed by atoms with E-state index in [9.17, 15) is 0 Å². The summed E-state index contributed by atoms with van der Waals surface area (Å²) in [6.45, 7) is 9.39. The molecule has 0 saturated carbocycles. The fourth-order valence-electron chi connectivity index (χ4n) is 5.44. The van der Waals surface area contributed by atoms with Crippen LogP contribution in [0.1, 0.15) is 181 Å². The first-order chi connectivity index (χ1) is 17.3. The van der Waals surface area contributed by atoms with E-state index >= 15 is 0 Å². The Morgan fingerprint density at radius 2 is 0.886 bits per heavy atom. The Balaban J connectivity index is 2.34. The van der Waals surface area contributed by atoms with Crippen molar-refractivity contribution in [2.45, 2.75) is 194 Å². The molecule has 0 aliphatic heterocycles. The first-order valence-corrected chi connectivity index (χ1v) is 16.4. The molecule has 0 radical (unpaired) electrons. The van der Waals surface area contributed by atoms with Crippen molar-refractivity contribution in [2.75, 3.05) is 0 Å². The molecular formula is C33H65N2+. The van der Waals surface area contributed by atoms with E-state index in [1.807, 2.05) is 0 Å². The maximum absolute atomic E-state index is 2.61. The van der Waals surface area contributed by atoms with Crippen molar-refractivity contribution in [1.82, 2.24) is 4.57 Å². The topological polar surface area (TPSA) is 8.81 Å². The van der Waals surface area contributed by atoms with Crippen LogP contribution < -0.4 is 4.57 Å². The molecule has 0 unspecified atom stereocenters. The molecule has 0 spiro atoms. The van der Waals surface area contributed by atoms with Crippen molar-refractivity contribution < 1.29 is 4.57 Å². The fourth-order valence-corrected chi connectivity index (χ4v) is 5.44. The molecule has 0 fully saturated rings. The molecule has 0 amide bonds. The Morgan fingerprint density at radius 3 is 1.37 bits per heavy atom. The van der Waals surface area contributed by atoms with Gasteiger partial charge in [-0.25, -0.2) is 9.13 Å². The largest absolute Gasteiger partial charge is 0.256 e. The predicted molar refractivity (Wildman–Crippen MR) is 156 cm³/mol. The average Bonchev–Trinajstić information content (AvgIpc) is 3.25. The monoisotopic (exact) mass is 490 g/mol. The summed E-state index contributed by atoms with van der Waals surface area (Å²) in [6.07, 6.45) is 39.9. The molecule has 35 heavy (non-hydrogen) atoms. The van der Waals surface area contributed by atoms with Gasteiger partial charge >= 0.3 is 0 Å². The number of imidazole rings is 1. The Bertz CT molecular complexity index is 508. The van der Waals surface area contributed by atoms with Crippen LogP contribution in [0.25, 0.3) is 0 Å². The van der Waals surface area contributed by atoms with E-state index in [2.05, 4.69) is 42.3 Å². The van der Waals surface area contributed by atoms with Gasteiger partial charge in [-0.1, -0.05) is 143 Å². The number of nitrogens with zero attached hydrogens (tertiary/aromatic N) is 2. The Kier molecular flexibility index (Phi) is 22.9. The van der Waals surface area contributed by atoms with E-state index in [0.29, 0.717) is 0 Å². The molecule has 2 nitrogen and oxygen atoms in total. The predicted octanol–water partition coefficient (Wildman–Crippen LogP) is 10.7. The maximum atomic E-state index is 2.61. The lowest BCUT2D eigenvalue weighted by molar-refractivity contribution is -0.704. The fraction of sp³-hybridized carbons (Fsp3) is 0.909. The third-order valence-electron chi connectivity index (χ3n) is 7.85. The number of hydrogen-bond acceptors (Lipinski definition) is 0. The number of aromatic nitrogens is 2. The van der Waals surface area contributed by atoms with Crippen molar-refractivity contribution in [2.24, 2.45) is 0 Å². The first kappa shape index (κ1) is 32.2. The molecule has 1 aromatic rings. The highest BCUT2D eigenvalue weighted by Crippen LogP contribution is 2.13. The quantitative estimate of drug-likeness (QED) is 0.0858. The zero-order valence-corrected chi connectivity index (χ0v) is 24.6. The highest BCUT2D eigenvalue weighted by molar-refractivity contribution is 4.84. The van der Waals surface area contributed by atoms with Crippen molar-refractivity contribution in [1.29, 1.82) is 0 Å². The van der Waals surface area contributed by atoms with Gasteiger partial charge in [0, 0.05) is 6.42 Å². The molecule has 0 N–H and O–H groups in total. The van der Waals surface area contributed by atoms with Crippen molar-refractivity contribution in [3.8, 4) is 0 Å². The standard InChI is InChI=1S/C33H65N2/c1-4-7-10-13-16-18-20-23-26-29-34-31-32-35(33(34)28-25-22-15-12-9-6-3)30-27-24-21-19-17-14-11-8-5-2/h31-32H,4-30H2,1-3H3/q+1. The summed E-state index contributed by atoms with van der Waals surface area (Å²) in [5, 5.41) is 0. The summed E-state index contributed by atoms with van der Waals surface area (Å²) in [5.74, 6) is 1.61. The minimum absolute atomic E-state index is 1.23. The van der Waals surface area contributed by atoms with Crippen molar-refractivity contribution in [3.05, 3.63) is 18.2 Å². The van der Waals surface area contributed by atoms with Crippen LogP contribution in [0.3, 0.4) is 0 Å². The van der Waals surface area contributed by atoms with E-state index in [1.54, 1.807) is 5.82 Å². The molecule has 0 bridgehead atoms. The van der Waals surface area contributed by atoms with Gasteiger partial charge in [-0.05, 0) is 32.1 Å². The van der Waals surface area contributed by atoms with E-state index < -0.39 is 0 Å². The van der Waals surface area contributed by atoms with Gasteiger partial charge < -0.3 is 0 Å². The lowest BCUT2D eigenvalue weighted by atomic mass is 10.1. The Morgan fingerprint density at radius 1 is 0.486 bits per heavy atom. The van der Waals surface area contributed by atoms with Crippen LogP contribution >= 0.6 is 0 Å². The summed E-state index contributed by atoms with van der Waals surface area (Å²) < 4.78 is 5.22. The number of rotatable bonds is 27. The summed E-state index contributed by atoms with van der Waals surface area (Å²) in [7, 11) is 0. The van der Waals surface area contributed by atoms with Crippen LogP contribution in [-0.4, -0.2) is 4.57 Å². The minimum Gasteiger partial charge on any atom is -0.234 e. The molecule has 1 rings (SSSR count). The zero-order valence-electron chi connectivity index (χ0n) is 24.6. The lowest BCUT2D eigenvalue weighted by Gasteiger charge is -2.07. The van der Waals surface area contributed by atoms with Crippen LogP contribution in [0.5, 0.6) is 0 Å². The minimum atomic E-state index is 1.23. The van der Waals surface area contributed by atoms with Gasteiger partial charge in [-0.15, -0.1) is 0 Å². The molecule has 0 saturated heterocycles. The molecule has 0 aliphatic carbocycles. The summed E-state index contributed by atoms with van der Waals surface area (Å²) in [4.78, 5) is 0. The zero-order chi connectivity index (χ0) is 25.2. The van der Waals surface area contributed by atoms with Crippen LogP contribution in [0.4, 0.5) is 0 Å². The van der Waals surface area contributed by atoms with E-state index in [4.69, 9.17) is 0 Å². The third-order valence-corrected chi connectivity index (χ3v) is 7.85. The number of unbranched alkanes of at least 4 members (excludes halogenated alkanes) is 21. The van der Waals surface area contributed by atoms with Gasteiger partial charge in [0.05, 0.1) is 13.1 Å². The van der Waals surface area contributed by atoms with Crippen LogP contribution in [-0.2, 0) is 19.5 Å². The summed E-state index contributed by atoms with van der Waals surface area (Å²) in [6, 6.07) is 0. The molecule has 1 aromatic heterocycles. The van der Waals surface area contributed by atoms with E-state index in [-0.39, 0.29) is 0 Å². The Labute approximate surface area is 221 Å². The highest BCUT2D eigenvalue weighted by atomic mass is 15.1. The maximum Gasteiger partial charge on any atom is 0.256 e. The lowest BCUT2D eigenvalue weighted by Crippen LogP contribution is -2.37. The van der Waals surface area contributed by atoms with Crippen LogP contribution in [0, 0.1) is 0 Å². The normalized spacial score (nSPS) is 11.5. The first-order valence-electron chi connectivity index (χ1n) is 16.4. The van der Waals surface area contributed by atoms with Gasteiger partial charge in [0.25, 0.3) is 5.82 Å². The van der Waals surface area contributed by atoms with Crippen molar-refractivity contribution in [3.63, 3.8) is 0 Å². The summed E-state index contributed by atoms with van der Waals surface area (Å²) >= 11 is 0. The molecule has 2 heteroatoms. The molecule has 1 heterocycles. The van der Waals surface area contributed by atoms with Crippen molar-refractivity contribution >= 4 is 0 Å². The SMILES string of the molecule is CCCCCCCCCCCn1cc[n+](CCCCCCCCCCC)c1CCCCCCCC. The van der Waals surface area contributed by atoms with Gasteiger partial charge in [0.15, 0.2) is 0 Å². The summed E-state index contributed by atoms with van der Waals surface area (Å²) in [5.41, 5.74) is 0. The van der Waals surface area contributed by atoms with E-state index in [1.165, 1.54) is 174 Å². The second-order valence-electron chi connectivity index (χ2n) is 11.3. The number of hydrogen-bond donors (Lipinski definition) is 0. The van der Waals surface area contributed by atoms with Gasteiger partial charge in [-0.2, -0.15) is 0 Å². The molecular weight excluding hydrogens is 424 g/mol. The molecule has 0 atom stereocenters. The molecule has 0 aromatic carbocycles. The third kappa shape index (κ3) is 18.2. The second kappa shape index (κ2) is 24.9.